The van der Waals surface area contributed by atoms with E-state index in [-0.39, 0.29) is 17.7 Å². The first kappa shape index (κ1) is 13.0. The number of carbonyl (C=O) groups is 2. The highest BCUT2D eigenvalue weighted by Gasteiger charge is 2.12. The molecule has 5 nitrogen and oxygen atoms in total. The monoisotopic (exact) mass is 241 g/mol. The lowest BCUT2D eigenvalue weighted by Gasteiger charge is -2.12. The first-order valence-electron chi connectivity index (χ1n) is 4.88. The third-order valence-corrected chi connectivity index (χ3v) is 2.01. The van der Waals surface area contributed by atoms with Crippen LogP contribution in [0, 0.1) is 5.82 Å². The highest BCUT2D eigenvalue weighted by molar-refractivity contribution is 5.93. The zero-order valence-electron chi connectivity index (χ0n) is 9.14. The topological polar surface area (TPSA) is 89.6 Å². The summed E-state index contributed by atoms with van der Waals surface area (Å²) in [6.07, 6.45) is -0.787. The van der Waals surface area contributed by atoms with Gasteiger partial charge in [0.15, 0.2) is 0 Å². The fraction of sp³-hybridized carbons (Fsp3) is 0.273. The summed E-state index contributed by atoms with van der Waals surface area (Å²) < 4.78 is 18.5. The largest absolute Gasteiger partial charge is 0.490 e. The van der Waals surface area contributed by atoms with Crippen LogP contribution in [0.2, 0.25) is 0 Å². The SMILES string of the molecule is C[C@H](CC(=O)O)Oc1ccc(C(N)=O)c(F)c1. The summed E-state index contributed by atoms with van der Waals surface area (Å²) in [7, 11) is 0. The normalized spacial score (nSPS) is 11.9. The number of ether oxygens (including phenoxy) is 1. The zero-order valence-corrected chi connectivity index (χ0v) is 9.14. The van der Waals surface area contributed by atoms with Crippen molar-refractivity contribution in [2.75, 3.05) is 0 Å². The van der Waals surface area contributed by atoms with E-state index < -0.39 is 23.8 Å². The van der Waals surface area contributed by atoms with Crippen LogP contribution < -0.4 is 10.5 Å². The van der Waals surface area contributed by atoms with Gasteiger partial charge in [0.25, 0.3) is 5.91 Å². The third-order valence-electron chi connectivity index (χ3n) is 2.01. The van der Waals surface area contributed by atoms with Gasteiger partial charge in [-0.05, 0) is 19.1 Å². The molecular formula is C11H12FNO4. The van der Waals surface area contributed by atoms with E-state index in [9.17, 15) is 14.0 Å². The van der Waals surface area contributed by atoms with Gasteiger partial charge in [-0.1, -0.05) is 0 Å². The number of carboxylic acids is 1. The molecule has 1 amide bonds. The molecule has 0 heterocycles. The third kappa shape index (κ3) is 3.75. The molecule has 0 bridgehead atoms. The molecule has 0 aliphatic rings. The average molecular weight is 241 g/mol. The van der Waals surface area contributed by atoms with Crippen LogP contribution in [0.15, 0.2) is 18.2 Å². The fourth-order valence-corrected chi connectivity index (χ4v) is 1.29. The van der Waals surface area contributed by atoms with Crippen molar-refractivity contribution in [2.24, 2.45) is 5.73 Å². The molecule has 0 aliphatic carbocycles. The van der Waals surface area contributed by atoms with Crippen molar-refractivity contribution in [3.63, 3.8) is 0 Å². The average Bonchev–Trinajstić information content (AvgIpc) is 2.15. The highest BCUT2D eigenvalue weighted by atomic mass is 19.1. The summed E-state index contributed by atoms with van der Waals surface area (Å²) >= 11 is 0. The number of nitrogens with two attached hydrogens (primary N) is 1. The summed E-state index contributed by atoms with van der Waals surface area (Å²) in [5, 5.41) is 8.52. The molecule has 1 atom stereocenters. The van der Waals surface area contributed by atoms with Crippen LogP contribution in [0.25, 0.3) is 0 Å². The number of halogens is 1. The maximum Gasteiger partial charge on any atom is 0.307 e. The Morgan fingerprint density at radius 3 is 2.65 bits per heavy atom. The van der Waals surface area contributed by atoms with Gasteiger partial charge in [0.05, 0.1) is 12.0 Å². The van der Waals surface area contributed by atoms with Gasteiger partial charge in [-0.25, -0.2) is 4.39 Å². The zero-order chi connectivity index (χ0) is 13.0. The van der Waals surface area contributed by atoms with E-state index in [1.165, 1.54) is 12.1 Å². The van der Waals surface area contributed by atoms with E-state index >= 15 is 0 Å². The lowest BCUT2D eigenvalue weighted by atomic mass is 10.2. The molecule has 0 radical (unpaired) electrons. The van der Waals surface area contributed by atoms with E-state index in [0.29, 0.717) is 0 Å². The van der Waals surface area contributed by atoms with Crippen molar-refractivity contribution in [3.8, 4) is 5.75 Å². The van der Waals surface area contributed by atoms with Gasteiger partial charge in [-0.15, -0.1) is 0 Å². The minimum absolute atomic E-state index is 0.154. The van der Waals surface area contributed by atoms with E-state index in [1.807, 2.05) is 0 Å². The number of hydrogen-bond acceptors (Lipinski definition) is 3. The summed E-state index contributed by atoms with van der Waals surface area (Å²) in [4.78, 5) is 21.2. The van der Waals surface area contributed by atoms with Crippen LogP contribution in [-0.4, -0.2) is 23.1 Å². The molecule has 0 fully saturated rings. The number of aliphatic carboxylic acids is 1. The van der Waals surface area contributed by atoms with Crippen molar-refractivity contribution in [1.29, 1.82) is 0 Å². The Hall–Kier alpha value is -2.11. The summed E-state index contributed by atoms with van der Waals surface area (Å²) in [5.41, 5.74) is 4.70. The Bertz CT molecular complexity index is 447. The molecule has 0 aliphatic heterocycles. The molecule has 17 heavy (non-hydrogen) atoms. The molecule has 1 aromatic rings. The van der Waals surface area contributed by atoms with E-state index in [2.05, 4.69) is 0 Å². The molecule has 92 valence electrons. The number of primary amides is 1. The highest BCUT2D eigenvalue weighted by Crippen LogP contribution is 2.18. The van der Waals surface area contributed by atoms with Crippen molar-refractivity contribution in [2.45, 2.75) is 19.4 Å². The number of carboxylic acid groups (broad SMARTS) is 1. The number of amides is 1. The fourth-order valence-electron chi connectivity index (χ4n) is 1.29. The predicted molar refractivity (Wildman–Crippen MR) is 57.3 cm³/mol. The van der Waals surface area contributed by atoms with Crippen LogP contribution in [0.5, 0.6) is 5.75 Å². The van der Waals surface area contributed by atoms with Gasteiger partial charge in [-0.2, -0.15) is 0 Å². The van der Waals surface area contributed by atoms with Crippen LogP contribution >= 0.6 is 0 Å². The predicted octanol–water partition coefficient (Wildman–Crippen LogP) is 1.17. The van der Waals surface area contributed by atoms with Gasteiger partial charge in [-0.3, -0.25) is 9.59 Å². The lowest BCUT2D eigenvalue weighted by molar-refractivity contribution is -0.138. The Morgan fingerprint density at radius 2 is 2.18 bits per heavy atom. The number of rotatable bonds is 5. The summed E-state index contributed by atoms with van der Waals surface area (Å²) in [6.45, 7) is 1.55. The number of carbonyl (C=O) groups excluding carboxylic acids is 1. The van der Waals surface area contributed by atoms with E-state index in [4.69, 9.17) is 15.6 Å². The van der Waals surface area contributed by atoms with Gasteiger partial charge >= 0.3 is 5.97 Å². The van der Waals surface area contributed by atoms with Crippen molar-refractivity contribution in [3.05, 3.63) is 29.6 Å². The second kappa shape index (κ2) is 5.29. The van der Waals surface area contributed by atoms with Gasteiger partial charge in [0.2, 0.25) is 0 Å². The molecule has 6 heteroatoms. The molecular weight excluding hydrogens is 229 g/mol. The van der Waals surface area contributed by atoms with Crippen molar-refractivity contribution in [1.82, 2.24) is 0 Å². The van der Waals surface area contributed by atoms with E-state index in [1.54, 1.807) is 6.92 Å². The van der Waals surface area contributed by atoms with E-state index in [0.717, 1.165) is 6.07 Å². The molecule has 0 aromatic heterocycles. The molecule has 1 aromatic carbocycles. The Labute approximate surface area is 97.0 Å². The minimum atomic E-state index is -1.01. The van der Waals surface area contributed by atoms with Crippen molar-refractivity contribution < 1.29 is 23.8 Å². The van der Waals surface area contributed by atoms with Gasteiger partial charge < -0.3 is 15.6 Å². The second-order valence-corrected chi connectivity index (χ2v) is 3.53. The van der Waals surface area contributed by atoms with Crippen LogP contribution in [0.4, 0.5) is 4.39 Å². The smallest absolute Gasteiger partial charge is 0.307 e. The first-order valence-corrected chi connectivity index (χ1v) is 4.88. The maximum absolute atomic E-state index is 13.3. The minimum Gasteiger partial charge on any atom is -0.490 e. The molecule has 0 saturated carbocycles. The van der Waals surface area contributed by atoms with Gasteiger partial charge in [0.1, 0.15) is 17.7 Å². The molecule has 0 spiro atoms. The standard InChI is InChI=1S/C11H12FNO4/c1-6(4-10(14)15)17-7-2-3-8(11(13)16)9(12)5-7/h2-3,5-6H,4H2,1H3,(H2,13,16)(H,14,15)/t6-/m1/s1. The Kier molecular flexibility index (Phi) is 4.03. The summed E-state index contributed by atoms with van der Waals surface area (Å²) in [5.74, 6) is -2.52. The molecule has 3 N–H and O–H groups in total. The Morgan fingerprint density at radius 1 is 1.53 bits per heavy atom. The summed E-state index contributed by atoms with van der Waals surface area (Å²) in [6, 6.07) is 3.56. The van der Waals surface area contributed by atoms with Crippen molar-refractivity contribution >= 4 is 11.9 Å². The second-order valence-electron chi connectivity index (χ2n) is 3.53. The Balaban J connectivity index is 2.77. The molecule has 1 rings (SSSR count). The van der Waals surface area contributed by atoms with Gasteiger partial charge in [0, 0.05) is 6.07 Å². The first-order chi connectivity index (χ1) is 7.90. The molecule has 0 unspecified atom stereocenters. The quantitative estimate of drug-likeness (QED) is 0.809. The lowest BCUT2D eigenvalue weighted by Crippen LogP contribution is -2.17. The molecule has 0 saturated heterocycles. The number of hydrogen-bond donors (Lipinski definition) is 2. The van der Waals surface area contributed by atoms with Crippen LogP contribution in [-0.2, 0) is 4.79 Å². The van der Waals surface area contributed by atoms with Crippen LogP contribution in [0.1, 0.15) is 23.7 Å². The van der Waals surface area contributed by atoms with Crippen LogP contribution in [0.3, 0.4) is 0 Å². The maximum atomic E-state index is 13.3. The number of benzene rings is 1.